The highest BCUT2D eigenvalue weighted by molar-refractivity contribution is 7.24. The number of benzene rings is 1. The first-order chi connectivity index (χ1) is 19.8. The maximum atomic E-state index is 14.2. The van der Waals surface area contributed by atoms with Crippen molar-refractivity contribution in [3.63, 3.8) is 0 Å². The predicted molar refractivity (Wildman–Crippen MR) is 160 cm³/mol. The second-order valence-corrected chi connectivity index (χ2v) is 13.6. The van der Waals surface area contributed by atoms with E-state index in [2.05, 4.69) is 6.92 Å². The minimum absolute atomic E-state index is 0.0449. The molecule has 10 heteroatoms. The van der Waals surface area contributed by atoms with Gasteiger partial charge in [0.05, 0.1) is 25.5 Å². The van der Waals surface area contributed by atoms with E-state index in [4.69, 9.17) is 14.2 Å². The summed E-state index contributed by atoms with van der Waals surface area (Å²) in [5.74, 6) is -1.03. The molecular weight excluding hydrogens is 561 g/mol. The van der Waals surface area contributed by atoms with E-state index in [1.54, 1.807) is 0 Å². The minimum Gasteiger partial charge on any atom is -0.477 e. The molecule has 2 saturated carbocycles. The first kappa shape index (κ1) is 30.3. The van der Waals surface area contributed by atoms with Crippen molar-refractivity contribution in [3.05, 3.63) is 40.8 Å². The number of carboxylic acid groups (broad SMARTS) is 1. The molecule has 1 amide bonds. The quantitative estimate of drug-likeness (QED) is 0.291. The van der Waals surface area contributed by atoms with Gasteiger partial charge in [0.15, 0.2) is 5.79 Å². The van der Waals surface area contributed by atoms with E-state index in [1.165, 1.54) is 11.3 Å². The molecule has 3 fully saturated rings. The van der Waals surface area contributed by atoms with E-state index >= 15 is 0 Å². The number of carbonyl (C=O) groups is 2. The lowest BCUT2D eigenvalue weighted by Crippen LogP contribution is -2.49. The molecule has 2 aliphatic carbocycles. The van der Waals surface area contributed by atoms with Crippen LogP contribution in [0.5, 0.6) is 0 Å². The molecule has 1 spiro atoms. The fourth-order valence-electron chi connectivity index (χ4n) is 6.45. The number of carboxylic acids is 1. The van der Waals surface area contributed by atoms with E-state index in [1.807, 2.05) is 42.2 Å². The van der Waals surface area contributed by atoms with E-state index in [-0.39, 0.29) is 28.4 Å². The molecule has 2 heterocycles. The van der Waals surface area contributed by atoms with Gasteiger partial charge in [-0.2, -0.15) is 0 Å². The van der Waals surface area contributed by atoms with Crippen LogP contribution in [0.1, 0.15) is 86.1 Å². The van der Waals surface area contributed by atoms with Crippen molar-refractivity contribution in [3.8, 4) is 10.4 Å². The van der Waals surface area contributed by atoms with Crippen LogP contribution in [-0.2, 0) is 23.6 Å². The van der Waals surface area contributed by atoms with Crippen molar-refractivity contribution < 1.29 is 33.5 Å². The minimum atomic E-state index is -1.03. The Hall–Kier alpha value is -2.16. The number of anilines is 1. The predicted octanol–water partition coefficient (Wildman–Crippen LogP) is 7.06. The largest absolute Gasteiger partial charge is 0.477 e. The average Bonchev–Trinajstić information content (AvgIpc) is 3.63. The number of ether oxygens (including phenoxy) is 3. The van der Waals surface area contributed by atoms with Gasteiger partial charge in [-0.05, 0) is 63.0 Å². The monoisotopic (exact) mass is 602 g/mol. The Morgan fingerprint density at radius 2 is 1.76 bits per heavy atom. The van der Waals surface area contributed by atoms with Crippen molar-refractivity contribution in [1.82, 2.24) is 0 Å². The van der Waals surface area contributed by atoms with Crippen molar-refractivity contribution in [1.29, 1.82) is 0 Å². The van der Waals surface area contributed by atoms with Crippen LogP contribution >= 0.6 is 19.8 Å². The number of carbonyl (C=O) groups excluding carboxylic acids is 1. The van der Waals surface area contributed by atoms with Crippen molar-refractivity contribution >= 4 is 37.4 Å². The van der Waals surface area contributed by atoms with Gasteiger partial charge in [-0.3, -0.25) is 4.79 Å². The molecule has 1 aromatic heterocycles. The summed E-state index contributed by atoms with van der Waals surface area (Å²) in [5, 5.41) is 10.3. The van der Waals surface area contributed by atoms with Gasteiger partial charge in [0.25, 0.3) is 0 Å². The highest BCUT2D eigenvalue weighted by Gasteiger charge is 2.44. The van der Waals surface area contributed by atoms with Gasteiger partial charge in [0, 0.05) is 41.8 Å². The molecule has 2 unspecified atom stereocenters. The molecule has 1 aromatic carbocycles. The van der Waals surface area contributed by atoms with Gasteiger partial charge in [0.1, 0.15) is 4.88 Å². The zero-order chi connectivity index (χ0) is 29.0. The Bertz CT molecular complexity index is 1210. The van der Waals surface area contributed by atoms with Crippen LogP contribution in [0.3, 0.4) is 0 Å². The topological polar surface area (TPSA) is 102 Å². The summed E-state index contributed by atoms with van der Waals surface area (Å²) in [6.07, 6.45) is 6.48. The van der Waals surface area contributed by atoms with E-state index < -0.39 is 20.2 Å². The first-order valence-electron chi connectivity index (χ1n) is 14.9. The van der Waals surface area contributed by atoms with Gasteiger partial charge in [-0.15, -0.1) is 11.3 Å². The third-order valence-corrected chi connectivity index (χ3v) is 10.8. The van der Waals surface area contributed by atoms with Crippen LogP contribution in [-0.4, -0.2) is 55.2 Å². The van der Waals surface area contributed by atoms with Gasteiger partial charge >= 0.3 is 14.4 Å². The Kier molecular flexibility index (Phi) is 9.93. The molecular formula is C31H41NO7PS+. The summed E-state index contributed by atoms with van der Waals surface area (Å²) >= 11 is 1.20. The fraction of sp³-hybridized carbons (Fsp3) is 0.613. The molecule has 2 atom stereocenters. The zero-order valence-electron chi connectivity index (χ0n) is 23.9. The molecule has 1 aliphatic heterocycles. The van der Waals surface area contributed by atoms with Gasteiger partial charge in [-0.1, -0.05) is 35.8 Å². The summed E-state index contributed by atoms with van der Waals surface area (Å²) in [5.41, 5.74) is 2.08. The molecule has 0 radical (unpaired) electrons. The molecule has 0 bridgehead atoms. The Morgan fingerprint density at radius 3 is 2.34 bits per heavy atom. The van der Waals surface area contributed by atoms with Crippen molar-refractivity contribution in [2.24, 2.45) is 11.8 Å². The van der Waals surface area contributed by atoms with Crippen molar-refractivity contribution in [2.75, 3.05) is 31.3 Å². The number of aromatic carboxylic acids is 1. The maximum Gasteiger partial charge on any atom is 0.348 e. The molecule has 1 saturated heterocycles. The Balaban J connectivity index is 1.46. The SMILES string of the molecule is CCOCC([PH+]=O)c1ccc(-c2cc(N(C(=O)C3CCC(C)CC3)C3CCC4(CC3)OCCO4)c(C(=O)O)s2)cc1. The molecule has 8 nitrogen and oxygen atoms in total. The summed E-state index contributed by atoms with van der Waals surface area (Å²) in [6, 6.07) is 9.50. The lowest BCUT2D eigenvalue weighted by molar-refractivity contribution is -0.179. The number of amides is 1. The smallest absolute Gasteiger partial charge is 0.348 e. The highest BCUT2D eigenvalue weighted by atomic mass is 32.1. The molecule has 2 aromatic rings. The summed E-state index contributed by atoms with van der Waals surface area (Å²) in [7, 11) is -0.519. The molecule has 41 heavy (non-hydrogen) atoms. The zero-order valence-corrected chi connectivity index (χ0v) is 25.8. The van der Waals surface area contributed by atoms with Gasteiger partial charge in [-0.25, -0.2) is 4.79 Å². The summed E-state index contributed by atoms with van der Waals surface area (Å²) in [4.78, 5) is 29.6. The van der Waals surface area contributed by atoms with E-state index in [9.17, 15) is 19.3 Å². The molecule has 222 valence electrons. The van der Waals surface area contributed by atoms with Crippen LogP contribution in [0, 0.1) is 11.8 Å². The lowest BCUT2D eigenvalue weighted by Gasteiger charge is -2.42. The number of thiophene rings is 1. The van der Waals surface area contributed by atoms with Crippen LogP contribution in [0.4, 0.5) is 5.69 Å². The molecule has 5 rings (SSSR count). The van der Waals surface area contributed by atoms with E-state index in [0.29, 0.717) is 63.7 Å². The number of rotatable bonds is 10. The average molecular weight is 603 g/mol. The second-order valence-electron chi connectivity index (χ2n) is 11.6. The maximum absolute atomic E-state index is 14.2. The fourth-order valence-corrected chi connectivity index (χ4v) is 7.96. The van der Waals surface area contributed by atoms with Crippen LogP contribution < -0.4 is 4.90 Å². The van der Waals surface area contributed by atoms with Crippen LogP contribution in [0.2, 0.25) is 0 Å². The molecule has 3 aliphatic rings. The van der Waals surface area contributed by atoms with Gasteiger partial charge < -0.3 is 24.2 Å². The standard InChI is InChI=1S/C31H40NO7PS/c1-3-37-19-26(40-36)21-8-10-22(11-9-21)27-18-25(28(41-27)30(34)35)32(29(33)23-6-4-20(2)5-7-23)24-12-14-31(15-13-24)38-16-17-39-31/h8-11,18,20,23-24,26H,3-7,12-17,19H2,1-2H3,(H,34,35)/p+1. The third kappa shape index (κ3) is 6.75. The van der Waals surface area contributed by atoms with Crippen LogP contribution in [0.25, 0.3) is 10.4 Å². The van der Waals surface area contributed by atoms with E-state index in [0.717, 1.165) is 41.7 Å². The Labute approximate surface area is 247 Å². The summed E-state index contributed by atoms with van der Waals surface area (Å²) < 4.78 is 29.1. The van der Waals surface area contributed by atoms with Gasteiger partial charge in [0.2, 0.25) is 11.6 Å². The normalized spacial score (nSPS) is 23.6. The number of hydrogen-bond acceptors (Lipinski definition) is 7. The molecule has 1 N–H and O–H groups in total. The van der Waals surface area contributed by atoms with Crippen LogP contribution in [0.15, 0.2) is 30.3 Å². The first-order valence-corrected chi connectivity index (χ1v) is 16.7. The second kappa shape index (κ2) is 13.4. The van der Waals surface area contributed by atoms with Crippen molar-refractivity contribution in [2.45, 2.75) is 82.7 Å². The lowest BCUT2D eigenvalue weighted by atomic mass is 9.81. The third-order valence-electron chi connectivity index (χ3n) is 8.89. The highest BCUT2D eigenvalue weighted by Crippen LogP contribution is 2.44. The Morgan fingerprint density at radius 1 is 1.10 bits per heavy atom. The summed E-state index contributed by atoms with van der Waals surface area (Å²) in [6.45, 7) is 6.27. The number of hydrogen-bond donors (Lipinski definition) is 1. The number of nitrogens with zero attached hydrogens (tertiary/aromatic N) is 1.